The predicted molar refractivity (Wildman–Crippen MR) is 87.4 cm³/mol. The Labute approximate surface area is 130 Å². The van der Waals surface area contributed by atoms with Gasteiger partial charge in [-0.05, 0) is 47.5 Å². The Morgan fingerprint density at radius 1 is 1.35 bits per heavy atom. The highest BCUT2D eigenvalue weighted by molar-refractivity contribution is 9.10. The molecule has 0 amide bonds. The molecule has 2 unspecified atom stereocenters. The topological polar surface area (TPSA) is 29.9 Å². The highest BCUT2D eigenvalue weighted by atomic mass is 79.9. The molecule has 3 nitrogen and oxygen atoms in total. The summed E-state index contributed by atoms with van der Waals surface area (Å²) in [6, 6.07) is 0.618. The zero-order valence-electron chi connectivity index (χ0n) is 12.7. The third-order valence-electron chi connectivity index (χ3n) is 5.06. The minimum atomic E-state index is 0.540. The van der Waals surface area contributed by atoms with E-state index in [0.717, 1.165) is 12.5 Å². The van der Waals surface area contributed by atoms with Crippen LogP contribution in [0.3, 0.4) is 0 Å². The standard InChI is InChI=1S/C16H26BrN3/c1-3-6-11(2)15-14(17)16-18-10-9-13(20(16)19-15)12-7-4-5-8-12/h11-13,18H,3-10H2,1-2H3. The summed E-state index contributed by atoms with van der Waals surface area (Å²) < 4.78 is 3.52. The van der Waals surface area contributed by atoms with Crippen molar-refractivity contribution in [2.24, 2.45) is 5.92 Å². The van der Waals surface area contributed by atoms with E-state index in [1.807, 2.05) is 0 Å². The van der Waals surface area contributed by atoms with Gasteiger partial charge in [-0.2, -0.15) is 5.10 Å². The van der Waals surface area contributed by atoms with Crippen molar-refractivity contribution >= 4 is 21.7 Å². The summed E-state index contributed by atoms with van der Waals surface area (Å²) in [7, 11) is 0. The van der Waals surface area contributed by atoms with Crippen molar-refractivity contribution < 1.29 is 0 Å². The second-order valence-electron chi connectivity index (χ2n) is 6.51. The molecule has 0 aromatic carbocycles. The Morgan fingerprint density at radius 2 is 2.10 bits per heavy atom. The summed E-state index contributed by atoms with van der Waals surface area (Å²) >= 11 is 3.80. The Balaban J connectivity index is 1.91. The van der Waals surface area contributed by atoms with Gasteiger partial charge in [-0.1, -0.05) is 33.1 Å². The van der Waals surface area contributed by atoms with Crippen LogP contribution in [0.2, 0.25) is 0 Å². The number of anilines is 1. The second kappa shape index (κ2) is 6.08. The van der Waals surface area contributed by atoms with Crippen LogP contribution in [0.15, 0.2) is 4.47 Å². The van der Waals surface area contributed by atoms with E-state index < -0.39 is 0 Å². The fourth-order valence-electron chi connectivity index (χ4n) is 3.95. The van der Waals surface area contributed by atoms with Crippen LogP contribution in [-0.4, -0.2) is 16.3 Å². The van der Waals surface area contributed by atoms with Gasteiger partial charge >= 0.3 is 0 Å². The molecular weight excluding hydrogens is 314 g/mol. The molecule has 0 bridgehead atoms. The zero-order valence-corrected chi connectivity index (χ0v) is 14.2. The van der Waals surface area contributed by atoms with Crippen molar-refractivity contribution in [3.05, 3.63) is 10.2 Å². The lowest BCUT2D eigenvalue weighted by Crippen LogP contribution is -2.28. The first-order chi connectivity index (χ1) is 9.72. The molecule has 3 rings (SSSR count). The fourth-order valence-corrected chi connectivity index (χ4v) is 4.75. The number of aromatic nitrogens is 2. The molecule has 2 aliphatic rings. The summed E-state index contributed by atoms with van der Waals surface area (Å²) in [6.07, 6.45) is 9.26. The lowest BCUT2D eigenvalue weighted by atomic mass is 9.94. The number of nitrogens with one attached hydrogen (secondary N) is 1. The maximum absolute atomic E-state index is 5.00. The van der Waals surface area contributed by atoms with E-state index in [-0.39, 0.29) is 0 Å². The normalized spacial score (nSPS) is 24.4. The first-order valence-electron chi connectivity index (χ1n) is 8.24. The molecule has 2 atom stereocenters. The Kier molecular flexibility index (Phi) is 4.39. The van der Waals surface area contributed by atoms with E-state index >= 15 is 0 Å². The number of hydrogen-bond acceptors (Lipinski definition) is 2. The minimum Gasteiger partial charge on any atom is -0.369 e. The van der Waals surface area contributed by atoms with Crippen molar-refractivity contribution in [1.82, 2.24) is 9.78 Å². The van der Waals surface area contributed by atoms with E-state index in [2.05, 4.69) is 39.8 Å². The summed E-state index contributed by atoms with van der Waals surface area (Å²) in [5.41, 5.74) is 1.25. The molecule has 1 aliphatic carbocycles. The average Bonchev–Trinajstić information content (AvgIpc) is 3.07. The Bertz CT molecular complexity index is 463. The Hall–Kier alpha value is -0.510. The summed E-state index contributed by atoms with van der Waals surface area (Å²) in [5, 5.41) is 8.56. The van der Waals surface area contributed by atoms with Gasteiger partial charge in [0.15, 0.2) is 0 Å². The fraction of sp³-hybridized carbons (Fsp3) is 0.812. The Morgan fingerprint density at radius 3 is 2.80 bits per heavy atom. The van der Waals surface area contributed by atoms with Crippen LogP contribution < -0.4 is 5.32 Å². The molecule has 0 radical (unpaired) electrons. The van der Waals surface area contributed by atoms with Crippen LogP contribution >= 0.6 is 15.9 Å². The average molecular weight is 340 g/mol. The zero-order chi connectivity index (χ0) is 14.1. The van der Waals surface area contributed by atoms with E-state index in [0.29, 0.717) is 12.0 Å². The predicted octanol–water partition coefficient (Wildman–Crippen LogP) is 5.10. The van der Waals surface area contributed by atoms with Crippen LogP contribution in [0.4, 0.5) is 5.82 Å². The van der Waals surface area contributed by atoms with E-state index in [1.54, 1.807) is 0 Å². The van der Waals surface area contributed by atoms with Crippen LogP contribution in [0.25, 0.3) is 0 Å². The van der Waals surface area contributed by atoms with Crippen LogP contribution in [0, 0.1) is 5.92 Å². The molecule has 0 saturated heterocycles. The number of halogens is 1. The smallest absolute Gasteiger partial charge is 0.139 e. The number of hydrogen-bond donors (Lipinski definition) is 1. The molecule has 2 heterocycles. The van der Waals surface area contributed by atoms with Crippen molar-refractivity contribution in [2.75, 3.05) is 11.9 Å². The number of rotatable bonds is 4. The van der Waals surface area contributed by atoms with Gasteiger partial charge in [0.25, 0.3) is 0 Å². The van der Waals surface area contributed by atoms with E-state index in [9.17, 15) is 0 Å². The number of nitrogens with zero attached hydrogens (tertiary/aromatic N) is 2. The first kappa shape index (κ1) is 14.4. The van der Waals surface area contributed by atoms with Crippen molar-refractivity contribution in [2.45, 2.75) is 70.8 Å². The van der Waals surface area contributed by atoms with Crippen molar-refractivity contribution in [1.29, 1.82) is 0 Å². The summed E-state index contributed by atoms with van der Waals surface area (Å²) in [6.45, 7) is 5.64. The van der Waals surface area contributed by atoms with Crippen LogP contribution in [0.5, 0.6) is 0 Å². The first-order valence-corrected chi connectivity index (χ1v) is 9.03. The lowest BCUT2D eigenvalue weighted by Gasteiger charge is -2.30. The molecule has 1 aliphatic heterocycles. The highest BCUT2D eigenvalue weighted by Gasteiger charge is 2.33. The molecular formula is C16H26BrN3. The molecule has 1 aromatic heterocycles. The quantitative estimate of drug-likeness (QED) is 0.827. The van der Waals surface area contributed by atoms with Crippen LogP contribution in [-0.2, 0) is 0 Å². The van der Waals surface area contributed by atoms with Gasteiger partial charge in [-0.3, -0.25) is 0 Å². The molecule has 0 spiro atoms. The van der Waals surface area contributed by atoms with Gasteiger partial charge in [-0.15, -0.1) is 0 Å². The van der Waals surface area contributed by atoms with E-state index in [4.69, 9.17) is 5.10 Å². The maximum atomic E-state index is 5.00. The molecule has 20 heavy (non-hydrogen) atoms. The second-order valence-corrected chi connectivity index (χ2v) is 7.30. The third kappa shape index (κ3) is 2.51. The molecule has 1 saturated carbocycles. The molecule has 1 fully saturated rings. The monoisotopic (exact) mass is 339 g/mol. The molecule has 1 aromatic rings. The third-order valence-corrected chi connectivity index (χ3v) is 5.84. The molecule has 112 valence electrons. The summed E-state index contributed by atoms with van der Waals surface area (Å²) in [4.78, 5) is 0. The number of fused-ring (bicyclic) bond motifs is 1. The SMILES string of the molecule is CCCC(C)c1nn2c(c1Br)NCCC2C1CCCC1. The van der Waals surface area contributed by atoms with Gasteiger partial charge in [0.05, 0.1) is 16.2 Å². The van der Waals surface area contributed by atoms with Gasteiger partial charge in [0.2, 0.25) is 0 Å². The van der Waals surface area contributed by atoms with Crippen LogP contribution in [0.1, 0.15) is 76.4 Å². The van der Waals surface area contributed by atoms with E-state index in [1.165, 1.54) is 60.9 Å². The highest BCUT2D eigenvalue weighted by Crippen LogP contribution is 2.43. The van der Waals surface area contributed by atoms with Gasteiger partial charge in [0, 0.05) is 12.5 Å². The lowest BCUT2D eigenvalue weighted by molar-refractivity contribution is 0.288. The van der Waals surface area contributed by atoms with Crippen molar-refractivity contribution in [3.8, 4) is 0 Å². The molecule has 4 heteroatoms. The van der Waals surface area contributed by atoms with Gasteiger partial charge in [-0.25, -0.2) is 4.68 Å². The largest absolute Gasteiger partial charge is 0.369 e. The maximum Gasteiger partial charge on any atom is 0.139 e. The minimum absolute atomic E-state index is 0.540. The van der Waals surface area contributed by atoms with Gasteiger partial charge in [0.1, 0.15) is 5.82 Å². The summed E-state index contributed by atoms with van der Waals surface area (Å²) in [5.74, 6) is 2.61. The van der Waals surface area contributed by atoms with Crippen molar-refractivity contribution in [3.63, 3.8) is 0 Å². The van der Waals surface area contributed by atoms with Gasteiger partial charge < -0.3 is 5.32 Å². The molecule has 1 N–H and O–H groups in total.